The van der Waals surface area contributed by atoms with E-state index in [-0.39, 0.29) is 26.3 Å². The molecule has 12 heteroatoms. The van der Waals surface area contributed by atoms with E-state index in [0.29, 0.717) is 16.7 Å². The topological polar surface area (TPSA) is 120 Å². The molecule has 1 aromatic heterocycles. The van der Waals surface area contributed by atoms with Gasteiger partial charge >= 0.3 is 0 Å². The highest BCUT2D eigenvalue weighted by Crippen LogP contribution is 2.30. The van der Waals surface area contributed by atoms with Crippen molar-refractivity contribution in [2.45, 2.75) is 30.3 Å². The SMILES string of the molecule is CCc1ccc(-n2c(C)nnc2SCC(=O)Nc2ccc(S(N)(=O)=O)cc2Cl)c2ccccc12.F. The van der Waals surface area contributed by atoms with E-state index in [4.69, 9.17) is 16.7 Å². The predicted octanol–water partition coefficient (Wildman–Crippen LogP) is 4.48. The van der Waals surface area contributed by atoms with Crippen molar-refractivity contribution in [3.8, 4) is 5.69 Å². The van der Waals surface area contributed by atoms with Gasteiger partial charge in [0, 0.05) is 5.39 Å². The molecule has 1 heterocycles. The third-order valence-corrected chi connectivity index (χ3v) is 7.44. The van der Waals surface area contributed by atoms with Crippen LogP contribution in [0.2, 0.25) is 5.02 Å². The minimum absolute atomic E-state index is 0. The maximum Gasteiger partial charge on any atom is 0.238 e. The van der Waals surface area contributed by atoms with Crippen LogP contribution in [0.3, 0.4) is 0 Å². The van der Waals surface area contributed by atoms with Gasteiger partial charge in [0.05, 0.1) is 27.0 Å². The van der Waals surface area contributed by atoms with Gasteiger partial charge < -0.3 is 5.32 Å². The number of halogens is 2. The number of nitrogens with zero attached hydrogens (tertiary/aromatic N) is 3. The summed E-state index contributed by atoms with van der Waals surface area (Å²) in [7, 11) is -3.89. The second kappa shape index (κ2) is 10.7. The monoisotopic (exact) mass is 535 g/mol. The van der Waals surface area contributed by atoms with E-state index < -0.39 is 10.0 Å². The molecule has 4 rings (SSSR count). The number of hydrogen-bond donors (Lipinski definition) is 2. The first-order chi connectivity index (χ1) is 16.2. The zero-order valence-electron chi connectivity index (χ0n) is 18.9. The van der Waals surface area contributed by atoms with Gasteiger partial charge in [0.15, 0.2) is 5.16 Å². The summed E-state index contributed by atoms with van der Waals surface area (Å²) in [6.45, 7) is 3.99. The van der Waals surface area contributed by atoms with Gasteiger partial charge in [0.25, 0.3) is 0 Å². The molecule has 0 aliphatic carbocycles. The number of nitrogens with two attached hydrogens (primary N) is 1. The Balaban J connectivity index is 0.00000342. The number of primary sulfonamides is 1. The largest absolute Gasteiger partial charge is 0.324 e. The van der Waals surface area contributed by atoms with Crippen LogP contribution >= 0.6 is 23.4 Å². The molecule has 3 aromatic carbocycles. The fraction of sp³-hybridized carbons (Fsp3) is 0.174. The van der Waals surface area contributed by atoms with Crippen molar-refractivity contribution in [1.82, 2.24) is 14.8 Å². The average molecular weight is 536 g/mol. The van der Waals surface area contributed by atoms with Gasteiger partial charge in [-0.2, -0.15) is 0 Å². The van der Waals surface area contributed by atoms with Crippen molar-refractivity contribution >= 4 is 55.8 Å². The third kappa shape index (κ3) is 5.64. The summed E-state index contributed by atoms with van der Waals surface area (Å²) in [6.07, 6.45) is 0.921. The minimum Gasteiger partial charge on any atom is -0.324 e. The number of sulfonamides is 1. The van der Waals surface area contributed by atoms with Crippen molar-refractivity contribution < 1.29 is 17.9 Å². The van der Waals surface area contributed by atoms with Crippen LogP contribution in [-0.2, 0) is 21.2 Å². The predicted molar refractivity (Wildman–Crippen MR) is 138 cm³/mol. The zero-order chi connectivity index (χ0) is 24.5. The molecule has 1 amide bonds. The lowest BCUT2D eigenvalue weighted by atomic mass is 10.0. The number of amides is 1. The van der Waals surface area contributed by atoms with E-state index in [1.165, 1.54) is 40.9 Å². The molecule has 8 nitrogen and oxygen atoms in total. The standard InChI is InChI=1S/C23H22ClN5O3S2.FH/c1-3-15-8-11-21(18-7-5-4-6-17(15)18)29-14(2)27-28-23(29)33-13-22(30)26-20-10-9-16(12-19(20)24)34(25,31)32;/h4-12H,3,13H2,1-2H3,(H,26,30)(H2,25,31,32);1H. The molecular weight excluding hydrogens is 513 g/mol. The zero-order valence-corrected chi connectivity index (χ0v) is 21.2. The van der Waals surface area contributed by atoms with Gasteiger partial charge in [0.2, 0.25) is 15.9 Å². The van der Waals surface area contributed by atoms with Crippen LogP contribution < -0.4 is 10.5 Å². The Kier molecular flexibility index (Phi) is 8.16. The first-order valence-electron chi connectivity index (χ1n) is 10.4. The molecule has 0 saturated heterocycles. The van der Waals surface area contributed by atoms with E-state index in [1.54, 1.807) is 0 Å². The fourth-order valence-electron chi connectivity index (χ4n) is 3.65. The maximum atomic E-state index is 12.6. The first-order valence-corrected chi connectivity index (χ1v) is 13.3. The molecule has 35 heavy (non-hydrogen) atoms. The van der Waals surface area contributed by atoms with Gasteiger partial charge in [-0.25, -0.2) is 13.6 Å². The Morgan fingerprint density at radius 1 is 1.11 bits per heavy atom. The summed E-state index contributed by atoms with van der Waals surface area (Å²) in [4.78, 5) is 12.4. The number of thioether (sulfide) groups is 1. The van der Waals surface area contributed by atoms with Gasteiger partial charge in [-0.1, -0.05) is 60.6 Å². The molecule has 184 valence electrons. The van der Waals surface area contributed by atoms with Gasteiger partial charge in [0.1, 0.15) is 5.82 Å². The molecule has 4 aromatic rings. The first kappa shape index (κ1) is 26.6. The van der Waals surface area contributed by atoms with Crippen molar-refractivity contribution in [2.75, 3.05) is 11.1 Å². The summed E-state index contributed by atoms with van der Waals surface area (Å²) in [6, 6.07) is 16.2. The number of nitrogens with one attached hydrogen (secondary N) is 1. The van der Waals surface area contributed by atoms with Crippen molar-refractivity contribution in [1.29, 1.82) is 0 Å². The van der Waals surface area contributed by atoms with Crippen LogP contribution in [0.15, 0.2) is 64.6 Å². The molecule has 0 atom stereocenters. The van der Waals surface area contributed by atoms with Crippen molar-refractivity contribution in [3.05, 3.63) is 71.0 Å². The highest BCUT2D eigenvalue weighted by molar-refractivity contribution is 7.99. The molecule has 0 bridgehead atoms. The molecule has 0 radical (unpaired) electrons. The summed E-state index contributed by atoms with van der Waals surface area (Å²) < 4.78 is 24.9. The minimum atomic E-state index is -3.89. The van der Waals surface area contributed by atoms with Crippen LogP contribution in [-0.4, -0.2) is 34.8 Å². The van der Waals surface area contributed by atoms with Crippen LogP contribution in [0.1, 0.15) is 18.3 Å². The van der Waals surface area contributed by atoms with Gasteiger partial charge in [-0.15, -0.1) is 10.2 Å². The normalized spacial score (nSPS) is 11.3. The smallest absolute Gasteiger partial charge is 0.238 e. The molecule has 0 aliphatic heterocycles. The molecule has 3 N–H and O–H groups in total. The number of benzene rings is 3. The highest BCUT2D eigenvalue weighted by Gasteiger charge is 2.17. The Labute approximate surface area is 211 Å². The lowest BCUT2D eigenvalue weighted by Gasteiger charge is -2.14. The third-order valence-electron chi connectivity index (χ3n) is 5.28. The van der Waals surface area contributed by atoms with E-state index in [2.05, 4.69) is 46.7 Å². The summed E-state index contributed by atoms with van der Waals surface area (Å²) in [5.74, 6) is 0.434. The second-order valence-electron chi connectivity index (χ2n) is 7.53. The number of aryl methyl sites for hydroxylation is 2. The van der Waals surface area contributed by atoms with E-state index in [0.717, 1.165) is 17.5 Å². The molecular formula is C23H23ClFN5O3S2. The van der Waals surface area contributed by atoms with Gasteiger partial charge in [-0.3, -0.25) is 14.1 Å². The number of carbonyl (C=O) groups is 1. The van der Waals surface area contributed by atoms with Crippen molar-refractivity contribution in [2.24, 2.45) is 5.14 Å². The number of aromatic nitrogens is 3. The van der Waals surface area contributed by atoms with Crippen LogP contribution in [0.5, 0.6) is 0 Å². The van der Waals surface area contributed by atoms with Crippen LogP contribution in [0, 0.1) is 6.92 Å². The lowest BCUT2D eigenvalue weighted by Crippen LogP contribution is -2.16. The number of rotatable bonds is 7. The molecule has 0 aliphatic rings. The van der Waals surface area contributed by atoms with E-state index in [9.17, 15) is 13.2 Å². The maximum absolute atomic E-state index is 12.6. The number of fused-ring (bicyclic) bond motifs is 1. The summed E-state index contributed by atoms with van der Waals surface area (Å²) in [5, 5.41) is 19.2. The Bertz CT molecular complexity index is 1510. The Morgan fingerprint density at radius 2 is 1.83 bits per heavy atom. The Hall–Kier alpha value is -2.99. The van der Waals surface area contributed by atoms with Crippen LogP contribution in [0.4, 0.5) is 10.4 Å². The number of anilines is 1. The number of hydrogen-bond acceptors (Lipinski definition) is 6. The summed E-state index contributed by atoms with van der Waals surface area (Å²) in [5.41, 5.74) is 2.49. The second-order valence-corrected chi connectivity index (χ2v) is 10.4. The fourth-order valence-corrected chi connectivity index (χ4v) is 5.28. The summed E-state index contributed by atoms with van der Waals surface area (Å²) >= 11 is 7.36. The van der Waals surface area contributed by atoms with E-state index >= 15 is 0 Å². The quantitative estimate of drug-likeness (QED) is 0.337. The molecule has 0 spiro atoms. The average Bonchev–Trinajstić information content (AvgIpc) is 3.17. The Morgan fingerprint density at radius 3 is 2.49 bits per heavy atom. The highest BCUT2D eigenvalue weighted by atomic mass is 35.5. The number of carbonyl (C=O) groups excluding carboxylic acids is 1. The van der Waals surface area contributed by atoms with E-state index in [1.807, 2.05) is 23.6 Å². The lowest BCUT2D eigenvalue weighted by molar-refractivity contribution is -0.113. The molecule has 0 fully saturated rings. The van der Waals surface area contributed by atoms with Gasteiger partial charge in [-0.05, 0) is 48.6 Å². The molecule has 0 saturated carbocycles. The molecule has 0 unspecified atom stereocenters. The van der Waals surface area contributed by atoms with Crippen molar-refractivity contribution in [3.63, 3.8) is 0 Å². The van der Waals surface area contributed by atoms with Crippen LogP contribution in [0.25, 0.3) is 16.5 Å².